The first kappa shape index (κ1) is 21.3. The van der Waals surface area contributed by atoms with Crippen LogP contribution in [0.1, 0.15) is 42.1 Å². The molecule has 2 amide bonds. The van der Waals surface area contributed by atoms with Crippen molar-refractivity contribution in [3.05, 3.63) is 59.1 Å². The van der Waals surface area contributed by atoms with Crippen LogP contribution in [-0.2, 0) is 4.79 Å². The molecule has 1 aliphatic rings. The van der Waals surface area contributed by atoms with Gasteiger partial charge in [0.05, 0.1) is 23.2 Å². The second-order valence-corrected chi connectivity index (χ2v) is 8.57. The molecule has 1 heterocycles. The number of halogens is 1. The number of nitrogens with one attached hydrogen (secondary N) is 2. The molecular weight excluding hydrogens is 436 g/mol. The fraction of sp³-hybridized carbons (Fsp3) is 0.286. The maximum absolute atomic E-state index is 12.5. The van der Waals surface area contributed by atoms with Gasteiger partial charge in [-0.05, 0) is 59.7 Å². The third kappa shape index (κ3) is 5.42. The first-order valence-electron chi connectivity index (χ1n) is 9.96. The Bertz CT molecular complexity index is 1070. The van der Waals surface area contributed by atoms with Crippen molar-refractivity contribution in [3.8, 4) is 0 Å². The zero-order chi connectivity index (χ0) is 21.6. The van der Waals surface area contributed by atoms with E-state index in [4.69, 9.17) is 11.6 Å². The number of thioether (sulfide) groups is 1. The van der Waals surface area contributed by atoms with Crippen LogP contribution in [0.4, 0.5) is 11.4 Å². The number of anilines is 2. The Morgan fingerprint density at radius 1 is 1.03 bits per heavy atom. The summed E-state index contributed by atoms with van der Waals surface area (Å²) in [5, 5.41) is 18.8. The number of nitrogens with zero attached hydrogens (tertiary/aromatic N) is 4. The Balaban J connectivity index is 1.37. The van der Waals surface area contributed by atoms with E-state index in [1.807, 2.05) is 4.68 Å². The van der Waals surface area contributed by atoms with Gasteiger partial charge in [-0.15, -0.1) is 5.10 Å². The van der Waals surface area contributed by atoms with Crippen LogP contribution >= 0.6 is 23.4 Å². The van der Waals surface area contributed by atoms with Gasteiger partial charge in [0.15, 0.2) is 0 Å². The van der Waals surface area contributed by atoms with E-state index in [-0.39, 0.29) is 17.6 Å². The summed E-state index contributed by atoms with van der Waals surface area (Å²) in [7, 11) is 0. The summed E-state index contributed by atoms with van der Waals surface area (Å²) in [5.74, 6) is -0.338. The summed E-state index contributed by atoms with van der Waals surface area (Å²) in [6.45, 7) is 0. The highest BCUT2D eigenvalue weighted by atomic mass is 35.5. The van der Waals surface area contributed by atoms with Crippen molar-refractivity contribution in [1.82, 2.24) is 20.2 Å². The maximum Gasteiger partial charge on any atom is 0.255 e. The second-order valence-electron chi connectivity index (χ2n) is 7.19. The Labute approximate surface area is 188 Å². The lowest BCUT2D eigenvalue weighted by molar-refractivity contribution is -0.113. The standard InChI is InChI=1S/C21H21ClN6O2S/c22-15-11-9-14(10-12-15)20(30)24-18-8-4-3-7-17(18)23-19(29)13-31-21-25-26-27-28(21)16-5-1-2-6-16/h3-4,7-12,16H,1-2,5-6,13H2,(H,23,29)(H,24,30). The molecule has 0 radical (unpaired) electrons. The van der Waals surface area contributed by atoms with Gasteiger partial charge in [0, 0.05) is 10.6 Å². The Hall–Kier alpha value is -2.91. The minimum absolute atomic E-state index is 0.159. The minimum atomic E-state index is -0.288. The van der Waals surface area contributed by atoms with Crippen LogP contribution in [0.3, 0.4) is 0 Å². The summed E-state index contributed by atoms with van der Waals surface area (Å²) in [6, 6.07) is 14.0. The molecule has 1 fully saturated rings. The lowest BCUT2D eigenvalue weighted by Crippen LogP contribution is -2.18. The summed E-state index contributed by atoms with van der Waals surface area (Å²) < 4.78 is 1.82. The SMILES string of the molecule is O=C(CSc1nnnn1C1CCCC1)Nc1ccccc1NC(=O)c1ccc(Cl)cc1. The van der Waals surface area contributed by atoms with Gasteiger partial charge in [0.2, 0.25) is 11.1 Å². The summed E-state index contributed by atoms with van der Waals surface area (Å²) in [5.41, 5.74) is 1.50. The molecule has 2 N–H and O–H groups in total. The Morgan fingerprint density at radius 3 is 2.42 bits per heavy atom. The second kappa shape index (κ2) is 9.93. The van der Waals surface area contributed by atoms with E-state index < -0.39 is 0 Å². The fourth-order valence-electron chi connectivity index (χ4n) is 3.47. The monoisotopic (exact) mass is 456 g/mol. The highest BCUT2D eigenvalue weighted by Gasteiger charge is 2.22. The molecule has 160 valence electrons. The number of benzene rings is 2. The van der Waals surface area contributed by atoms with Crippen molar-refractivity contribution in [2.45, 2.75) is 36.9 Å². The van der Waals surface area contributed by atoms with E-state index in [1.165, 1.54) is 24.6 Å². The van der Waals surface area contributed by atoms with Crippen molar-refractivity contribution in [2.24, 2.45) is 0 Å². The highest BCUT2D eigenvalue weighted by Crippen LogP contribution is 2.31. The van der Waals surface area contributed by atoms with Gasteiger partial charge < -0.3 is 10.6 Å². The van der Waals surface area contributed by atoms with Gasteiger partial charge in [-0.2, -0.15) is 0 Å². The number of para-hydroxylation sites is 2. The lowest BCUT2D eigenvalue weighted by Gasteiger charge is -2.13. The van der Waals surface area contributed by atoms with Crippen LogP contribution in [0.25, 0.3) is 0 Å². The largest absolute Gasteiger partial charge is 0.324 e. The number of carbonyl (C=O) groups is 2. The number of hydrogen-bond acceptors (Lipinski definition) is 6. The quantitative estimate of drug-likeness (QED) is 0.510. The van der Waals surface area contributed by atoms with E-state index in [9.17, 15) is 9.59 Å². The molecule has 10 heteroatoms. The number of aromatic nitrogens is 4. The van der Waals surface area contributed by atoms with Gasteiger partial charge in [-0.1, -0.05) is 48.3 Å². The molecular formula is C21H21ClN6O2S. The first-order valence-corrected chi connectivity index (χ1v) is 11.3. The fourth-order valence-corrected chi connectivity index (χ4v) is 4.34. The van der Waals surface area contributed by atoms with Crippen molar-refractivity contribution < 1.29 is 9.59 Å². The van der Waals surface area contributed by atoms with Gasteiger partial charge in [0.25, 0.3) is 5.91 Å². The molecule has 1 aromatic heterocycles. The van der Waals surface area contributed by atoms with Crippen molar-refractivity contribution >= 4 is 46.6 Å². The number of tetrazole rings is 1. The summed E-state index contributed by atoms with van der Waals surface area (Å²) in [6.07, 6.45) is 4.47. The van der Waals surface area contributed by atoms with Crippen LogP contribution < -0.4 is 10.6 Å². The minimum Gasteiger partial charge on any atom is -0.324 e. The van der Waals surface area contributed by atoms with Gasteiger partial charge in [-0.25, -0.2) is 4.68 Å². The number of rotatable bonds is 7. The van der Waals surface area contributed by atoms with E-state index in [1.54, 1.807) is 48.5 Å². The molecule has 0 bridgehead atoms. The molecule has 0 spiro atoms. The molecule has 0 atom stereocenters. The van der Waals surface area contributed by atoms with Crippen LogP contribution in [0.5, 0.6) is 0 Å². The zero-order valence-corrected chi connectivity index (χ0v) is 18.2. The van der Waals surface area contributed by atoms with Gasteiger partial charge >= 0.3 is 0 Å². The van der Waals surface area contributed by atoms with Crippen molar-refractivity contribution in [3.63, 3.8) is 0 Å². The van der Waals surface area contributed by atoms with Crippen LogP contribution in [0, 0.1) is 0 Å². The average Bonchev–Trinajstić information content (AvgIpc) is 3.46. The van der Waals surface area contributed by atoms with Gasteiger partial charge in [0.1, 0.15) is 0 Å². The number of hydrogen-bond donors (Lipinski definition) is 2. The lowest BCUT2D eigenvalue weighted by atomic mass is 10.2. The maximum atomic E-state index is 12.5. The molecule has 3 aromatic rings. The zero-order valence-electron chi connectivity index (χ0n) is 16.6. The smallest absolute Gasteiger partial charge is 0.255 e. The van der Waals surface area contributed by atoms with Crippen LogP contribution in [0.2, 0.25) is 5.02 Å². The molecule has 1 saturated carbocycles. The third-order valence-corrected chi connectivity index (χ3v) is 6.21. The van der Waals surface area contributed by atoms with Gasteiger partial charge in [-0.3, -0.25) is 9.59 Å². The van der Waals surface area contributed by atoms with E-state index in [0.29, 0.717) is 33.2 Å². The van der Waals surface area contributed by atoms with E-state index in [0.717, 1.165) is 12.8 Å². The molecule has 0 unspecified atom stereocenters. The Morgan fingerprint density at radius 2 is 1.71 bits per heavy atom. The number of carbonyl (C=O) groups excluding carboxylic acids is 2. The molecule has 31 heavy (non-hydrogen) atoms. The molecule has 2 aromatic carbocycles. The average molecular weight is 457 g/mol. The third-order valence-electron chi connectivity index (χ3n) is 5.02. The van der Waals surface area contributed by atoms with Crippen molar-refractivity contribution in [1.29, 1.82) is 0 Å². The topological polar surface area (TPSA) is 102 Å². The summed E-state index contributed by atoms with van der Waals surface area (Å²) >= 11 is 7.18. The predicted octanol–water partition coefficient (Wildman–Crippen LogP) is 4.42. The molecule has 0 aliphatic heterocycles. The molecule has 8 nitrogen and oxygen atoms in total. The first-order chi connectivity index (χ1) is 15.1. The predicted molar refractivity (Wildman–Crippen MR) is 121 cm³/mol. The van der Waals surface area contributed by atoms with E-state index >= 15 is 0 Å². The summed E-state index contributed by atoms with van der Waals surface area (Å²) in [4.78, 5) is 25.1. The normalized spacial score (nSPS) is 13.8. The highest BCUT2D eigenvalue weighted by molar-refractivity contribution is 7.99. The van der Waals surface area contributed by atoms with Crippen LogP contribution in [0.15, 0.2) is 53.7 Å². The molecule has 1 aliphatic carbocycles. The molecule has 0 saturated heterocycles. The van der Waals surface area contributed by atoms with E-state index in [2.05, 4.69) is 26.2 Å². The Kier molecular flexibility index (Phi) is 6.83. The number of amides is 2. The molecule has 4 rings (SSSR count). The van der Waals surface area contributed by atoms with Crippen LogP contribution in [-0.4, -0.2) is 37.8 Å². The van der Waals surface area contributed by atoms with Crippen molar-refractivity contribution in [2.75, 3.05) is 16.4 Å².